The molecule has 4 heterocycles. The van der Waals surface area contributed by atoms with Crippen molar-refractivity contribution >= 4 is 11.3 Å². The van der Waals surface area contributed by atoms with Gasteiger partial charge in [-0.1, -0.05) is 0 Å². The Morgan fingerprint density at radius 1 is 1.38 bits per heavy atom. The van der Waals surface area contributed by atoms with Gasteiger partial charge < -0.3 is 9.47 Å². The number of rotatable bonds is 5. The number of thiazole rings is 1. The van der Waals surface area contributed by atoms with Gasteiger partial charge in [0, 0.05) is 49.9 Å². The molecule has 0 saturated carbocycles. The lowest BCUT2D eigenvalue weighted by Crippen LogP contribution is -2.65. The number of likely N-dealkylation sites (tertiary alicyclic amines) is 1. The predicted molar refractivity (Wildman–Crippen MR) is 92.9 cm³/mol. The van der Waals surface area contributed by atoms with Crippen LogP contribution in [0.1, 0.15) is 29.0 Å². The average Bonchev–Trinajstić information content (AvgIpc) is 2.98. The third-order valence-electron chi connectivity index (χ3n) is 4.92. The number of hydrogen-bond acceptors (Lipinski definition) is 6. The van der Waals surface area contributed by atoms with Crippen molar-refractivity contribution in [3.8, 4) is 0 Å². The Morgan fingerprint density at radius 3 is 2.96 bits per heavy atom. The molecule has 5 nitrogen and oxygen atoms in total. The highest BCUT2D eigenvalue weighted by Crippen LogP contribution is 2.36. The fourth-order valence-corrected chi connectivity index (χ4v) is 4.42. The molecule has 2 aromatic rings. The quantitative estimate of drug-likeness (QED) is 0.834. The molecule has 4 rings (SSSR count). The van der Waals surface area contributed by atoms with E-state index in [2.05, 4.69) is 21.8 Å². The van der Waals surface area contributed by atoms with E-state index in [-0.39, 0.29) is 5.60 Å². The maximum absolute atomic E-state index is 6.13. The van der Waals surface area contributed by atoms with Gasteiger partial charge in [0.25, 0.3) is 0 Å². The first-order valence-corrected chi connectivity index (χ1v) is 9.36. The van der Waals surface area contributed by atoms with Crippen molar-refractivity contribution < 1.29 is 9.47 Å². The molecule has 0 aromatic carbocycles. The summed E-state index contributed by atoms with van der Waals surface area (Å²) in [6.45, 7) is 6.53. The summed E-state index contributed by atoms with van der Waals surface area (Å²) in [6, 6.07) is 4.02. The van der Waals surface area contributed by atoms with Crippen LogP contribution in [-0.4, -0.2) is 46.3 Å². The Hall–Kier alpha value is -1.34. The zero-order valence-corrected chi connectivity index (χ0v) is 14.8. The molecule has 128 valence electrons. The Labute approximate surface area is 146 Å². The van der Waals surface area contributed by atoms with Crippen LogP contribution >= 0.6 is 11.3 Å². The fourth-order valence-electron chi connectivity index (χ4n) is 3.60. The van der Waals surface area contributed by atoms with Crippen LogP contribution in [0.4, 0.5) is 0 Å². The van der Waals surface area contributed by atoms with Crippen molar-refractivity contribution in [3.05, 3.63) is 46.2 Å². The van der Waals surface area contributed by atoms with E-state index in [0.717, 1.165) is 44.8 Å². The molecule has 2 aliphatic heterocycles. The molecule has 2 fully saturated rings. The number of hydrogen-bond donors (Lipinski definition) is 0. The lowest BCUT2D eigenvalue weighted by atomic mass is 9.84. The summed E-state index contributed by atoms with van der Waals surface area (Å²) in [5.74, 6) is 0. The van der Waals surface area contributed by atoms with Gasteiger partial charge in [-0.05, 0) is 31.0 Å². The van der Waals surface area contributed by atoms with E-state index >= 15 is 0 Å². The van der Waals surface area contributed by atoms with E-state index in [9.17, 15) is 0 Å². The average molecular weight is 345 g/mol. The van der Waals surface area contributed by atoms with E-state index in [1.54, 1.807) is 11.3 Å². The highest BCUT2D eigenvalue weighted by atomic mass is 32.1. The first-order chi connectivity index (χ1) is 11.7. The summed E-state index contributed by atoms with van der Waals surface area (Å²) < 4.78 is 12.2. The second kappa shape index (κ2) is 6.88. The van der Waals surface area contributed by atoms with Crippen molar-refractivity contribution in [2.45, 2.75) is 44.6 Å². The third kappa shape index (κ3) is 3.52. The first kappa shape index (κ1) is 16.1. The van der Waals surface area contributed by atoms with Crippen LogP contribution in [0, 0.1) is 6.92 Å². The smallest absolute Gasteiger partial charge is 0.0959 e. The van der Waals surface area contributed by atoms with Crippen LogP contribution in [-0.2, 0) is 22.6 Å². The first-order valence-electron chi connectivity index (χ1n) is 8.48. The standard InChI is InChI=1S/C18H23N3O2S/c1-14-17(24-13-20-14)9-21-11-18(12-21)8-16(4-7-23-18)22-10-15-2-5-19-6-3-15/h2-3,5-6,13,16H,4,7-12H2,1H3/t16-/m0/s1. The largest absolute Gasteiger partial charge is 0.373 e. The van der Waals surface area contributed by atoms with E-state index < -0.39 is 0 Å². The van der Waals surface area contributed by atoms with Crippen molar-refractivity contribution in [1.82, 2.24) is 14.9 Å². The minimum Gasteiger partial charge on any atom is -0.373 e. The van der Waals surface area contributed by atoms with Gasteiger partial charge in [0.15, 0.2) is 0 Å². The highest BCUT2D eigenvalue weighted by Gasteiger charge is 2.47. The maximum atomic E-state index is 6.13. The molecule has 2 aromatic heterocycles. The monoisotopic (exact) mass is 345 g/mol. The van der Waals surface area contributed by atoms with Gasteiger partial charge in [0.05, 0.1) is 29.5 Å². The van der Waals surface area contributed by atoms with Crippen LogP contribution in [0.5, 0.6) is 0 Å². The summed E-state index contributed by atoms with van der Waals surface area (Å²) in [5.41, 5.74) is 4.27. The lowest BCUT2D eigenvalue weighted by molar-refractivity contribution is -0.200. The molecule has 2 aliphatic rings. The molecule has 0 aliphatic carbocycles. The van der Waals surface area contributed by atoms with E-state index in [4.69, 9.17) is 9.47 Å². The number of aromatic nitrogens is 2. The predicted octanol–water partition coefficient (Wildman–Crippen LogP) is 2.80. The van der Waals surface area contributed by atoms with Gasteiger partial charge >= 0.3 is 0 Å². The van der Waals surface area contributed by atoms with Crippen molar-refractivity contribution in [2.24, 2.45) is 0 Å². The number of nitrogens with zero attached hydrogens (tertiary/aromatic N) is 3. The molecule has 0 radical (unpaired) electrons. The number of ether oxygens (including phenoxy) is 2. The van der Waals surface area contributed by atoms with Gasteiger partial charge in [0.2, 0.25) is 0 Å². The van der Waals surface area contributed by atoms with Crippen LogP contribution in [0.3, 0.4) is 0 Å². The Morgan fingerprint density at radius 2 is 2.21 bits per heavy atom. The van der Waals surface area contributed by atoms with Gasteiger partial charge in [0.1, 0.15) is 0 Å². The second-order valence-corrected chi connectivity index (χ2v) is 7.76. The molecular formula is C18H23N3O2S. The second-order valence-electron chi connectivity index (χ2n) is 6.82. The minimum atomic E-state index is -0.000245. The van der Waals surface area contributed by atoms with Gasteiger partial charge in [-0.15, -0.1) is 11.3 Å². The normalized spacial score (nSPS) is 23.3. The molecule has 0 bridgehead atoms. The molecular weight excluding hydrogens is 322 g/mol. The lowest BCUT2D eigenvalue weighted by Gasteiger charge is -2.53. The zero-order chi connectivity index (χ0) is 16.4. The van der Waals surface area contributed by atoms with Gasteiger partial charge in [-0.25, -0.2) is 4.98 Å². The Bertz CT molecular complexity index is 670. The Kier molecular flexibility index (Phi) is 4.63. The highest BCUT2D eigenvalue weighted by molar-refractivity contribution is 7.09. The third-order valence-corrected chi connectivity index (χ3v) is 5.84. The van der Waals surface area contributed by atoms with Gasteiger partial charge in [-0.2, -0.15) is 0 Å². The van der Waals surface area contributed by atoms with Gasteiger partial charge in [-0.3, -0.25) is 9.88 Å². The molecule has 1 atom stereocenters. The zero-order valence-electron chi connectivity index (χ0n) is 14.0. The topological polar surface area (TPSA) is 47.5 Å². The molecule has 0 unspecified atom stereocenters. The summed E-state index contributed by atoms with van der Waals surface area (Å²) in [4.78, 5) is 12.2. The van der Waals surface area contributed by atoms with E-state index in [1.165, 1.54) is 10.4 Å². The van der Waals surface area contributed by atoms with E-state index in [1.807, 2.05) is 30.0 Å². The van der Waals surface area contributed by atoms with Crippen LogP contribution in [0.25, 0.3) is 0 Å². The maximum Gasteiger partial charge on any atom is 0.0959 e. The summed E-state index contributed by atoms with van der Waals surface area (Å²) in [6.07, 6.45) is 5.90. The summed E-state index contributed by atoms with van der Waals surface area (Å²) in [5, 5.41) is 0. The Balaban J connectivity index is 1.27. The van der Waals surface area contributed by atoms with Crippen LogP contribution < -0.4 is 0 Å². The summed E-state index contributed by atoms with van der Waals surface area (Å²) in [7, 11) is 0. The van der Waals surface area contributed by atoms with Crippen molar-refractivity contribution in [3.63, 3.8) is 0 Å². The van der Waals surface area contributed by atoms with Crippen LogP contribution in [0.15, 0.2) is 30.0 Å². The molecule has 24 heavy (non-hydrogen) atoms. The molecule has 0 N–H and O–H groups in total. The molecule has 2 saturated heterocycles. The summed E-state index contributed by atoms with van der Waals surface area (Å²) >= 11 is 1.75. The van der Waals surface area contributed by atoms with Crippen LogP contribution in [0.2, 0.25) is 0 Å². The minimum absolute atomic E-state index is 0.000245. The van der Waals surface area contributed by atoms with Crippen molar-refractivity contribution in [2.75, 3.05) is 19.7 Å². The fraction of sp³-hybridized carbons (Fsp3) is 0.556. The number of aryl methyl sites for hydroxylation is 1. The number of pyridine rings is 1. The molecule has 1 spiro atoms. The van der Waals surface area contributed by atoms with Crippen molar-refractivity contribution in [1.29, 1.82) is 0 Å². The van der Waals surface area contributed by atoms with E-state index in [0.29, 0.717) is 12.7 Å². The SMILES string of the molecule is Cc1ncsc1CN1CC2(C[C@@H](OCc3ccncc3)CCO2)C1. The molecule has 0 amide bonds. The molecule has 6 heteroatoms.